The van der Waals surface area contributed by atoms with Gasteiger partial charge in [0.1, 0.15) is 6.04 Å². The van der Waals surface area contributed by atoms with E-state index in [4.69, 9.17) is 9.39 Å². The van der Waals surface area contributed by atoms with Gasteiger partial charge in [0.05, 0.1) is 12.6 Å². The van der Waals surface area contributed by atoms with Gasteiger partial charge in [-0.3, -0.25) is 14.2 Å². The second kappa shape index (κ2) is 6.80. The number of nitrogens with zero attached hydrogens (tertiary/aromatic N) is 2. The summed E-state index contributed by atoms with van der Waals surface area (Å²) in [4.78, 5) is 30.8. The van der Waals surface area contributed by atoms with Crippen LogP contribution in [0.2, 0.25) is 0 Å². The van der Waals surface area contributed by atoms with E-state index in [0.717, 1.165) is 19.4 Å². The fraction of sp³-hybridized carbons (Fsp3) is 0.833. The summed E-state index contributed by atoms with van der Waals surface area (Å²) in [6.07, 6.45) is 2.77. The van der Waals surface area contributed by atoms with E-state index in [0.29, 0.717) is 24.5 Å². The number of hydrogen-bond donors (Lipinski definition) is 3. The average Bonchev–Trinajstić information content (AvgIpc) is 3.10. The van der Waals surface area contributed by atoms with Crippen LogP contribution in [0, 0.1) is 0 Å². The number of hydroxylamine groups is 3. The Bertz CT molecular complexity index is 607. The van der Waals surface area contributed by atoms with E-state index in [1.165, 1.54) is 4.90 Å². The van der Waals surface area contributed by atoms with Crippen LogP contribution in [-0.2, 0) is 24.3 Å². The first-order valence-electron chi connectivity index (χ1n) is 7.77. The maximum atomic E-state index is 12.2. The summed E-state index contributed by atoms with van der Waals surface area (Å²) >= 11 is 0. The van der Waals surface area contributed by atoms with Gasteiger partial charge >= 0.3 is 16.4 Å². The lowest BCUT2D eigenvalue weighted by Crippen LogP contribution is -2.50. The van der Waals surface area contributed by atoms with Crippen LogP contribution in [-0.4, -0.2) is 72.7 Å². The molecule has 3 rings (SSSR count). The number of nitrogens with one attached hydrogen (secondary N) is 2. The summed E-state index contributed by atoms with van der Waals surface area (Å²) in [6.45, 7) is 1.42. The van der Waals surface area contributed by atoms with Crippen LogP contribution in [0.25, 0.3) is 0 Å². The highest BCUT2D eigenvalue weighted by atomic mass is 32.3. The maximum absolute atomic E-state index is 12.2. The molecule has 0 aromatic heterocycles. The minimum atomic E-state index is -4.79. The van der Waals surface area contributed by atoms with Crippen molar-refractivity contribution in [3.8, 4) is 0 Å². The quantitative estimate of drug-likeness (QED) is 0.394. The number of carbonyl (C=O) groups is 2. The first kappa shape index (κ1) is 17.4. The van der Waals surface area contributed by atoms with E-state index in [2.05, 4.69) is 15.1 Å². The smallest absolute Gasteiger partial charge is 0.312 e. The van der Waals surface area contributed by atoms with Crippen LogP contribution >= 0.6 is 0 Å². The monoisotopic (exact) mass is 364 g/mol. The molecule has 1 unspecified atom stereocenters. The molecule has 3 aliphatic heterocycles. The van der Waals surface area contributed by atoms with Gasteiger partial charge in [-0.05, 0) is 32.2 Å². The molecular weight excluding hydrogens is 344 g/mol. The SMILES string of the molecule is O=C(NOC[C@@H]1CCCN1)[C@@H]1CCC2CN1C(=O)N2OS(=O)(=O)O. The minimum Gasteiger partial charge on any atom is -0.312 e. The van der Waals surface area contributed by atoms with Gasteiger partial charge in [-0.2, -0.15) is 13.5 Å². The summed E-state index contributed by atoms with van der Waals surface area (Å²) < 4.78 is 34.7. The fourth-order valence-electron chi connectivity index (χ4n) is 3.28. The molecule has 3 heterocycles. The van der Waals surface area contributed by atoms with Gasteiger partial charge in [0.2, 0.25) is 0 Å². The molecule has 11 nitrogen and oxygen atoms in total. The molecule has 3 N–H and O–H groups in total. The molecule has 3 saturated heterocycles. The van der Waals surface area contributed by atoms with E-state index >= 15 is 0 Å². The van der Waals surface area contributed by atoms with Crippen molar-refractivity contribution in [2.24, 2.45) is 0 Å². The normalized spacial score (nSPS) is 30.0. The van der Waals surface area contributed by atoms with Crippen molar-refractivity contribution in [3.05, 3.63) is 0 Å². The molecule has 0 radical (unpaired) electrons. The molecule has 3 atom stereocenters. The van der Waals surface area contributed by atoms with E-state index in [-0.39, 0.29) is 12.6 Å². The molecular formula is C12H20N4O7S. The standard InChI is InChI=1S/C12H20N4O7S/c17-11(14-22-7-8-2-1-5-13-8)10-4-3-9-6-15(10)12(18)16(9)23-24(19,20)21/h8-10,13H,1-7H2,(H,14,17)(H,19,20,21)/t8-,9?,10-/m0/s1. The van der Waals surface area contributed by atoms with E-state index in [1.54, 1.807) is 0 Å². The van der Waals surface area contributed by atoms with Gasteiger partial charge in [0.25, 0.3) is 5.91 Å². The molecule has 0 saturated carbocycles. The van der Waals surface area contributed by atoms with Crippen molar-refractivity contribution in [2.45, 2.75) is 43.8 Å². The van der Waals surface area contributed by atoms with Crippen LogP contribution in [0.3, 0.4) is 0 Å². The number of amides is 3. The van der Waals surface area contributed by atoms with Crippen molar-refractivity contribution in [3.63, 3.8) is 0 Å². The zero-order chi connectivity index (χ0) is 17.3. The third kappa shape index (κ3) is 3.78. The van der Waals surface area contributed by atoms with Gasteiger partial charge in [0.15, 0.2) is 0 Å². The molecule has 3 fully saturated rings. The molecule has 0 aliphatic carbocycles. The first-order chi connectivity index (χ1) is 11.3. The van der Waals surface area contributed by atoms with Crippen molar-refractivity contribution in [2.75, 3.05) is 19.7 Å². The fourth-order valence-corrected chi connectivity index (χ4v) is 3.67. The Hall–Kier alpha value is -1.47. The predicted octanol–water partition coefficient (Wildman–Crippen LogP) is -1.21. The highest BCUT2D eigenvalue weighted by molar-refractivity contribution is 7.80. The second-order valence-corrected chi connectivity index (χ2v) is 7.09. The topological polar surface area (TPSA) is 138 Å². The van der Waals surface area contributed by atoms with Crippen molar-refractivity contribution in [1.82, 2.24) is 20.8 Å². The van der Waals surface area contributed by atoms with Gasteiger partial charge in [0, 0.05) is 12.6 Å². The summed E-state index contributed by atoms with van der Waals surface area (Å²) in [5, 5.41) is 3.83. The zero-order valence-electron chi connectivity index (χ0n) is 12.9. The largest absolute Gasteiger partial charge is 0.418 e. The van der Waals surface area contributed by atoms with Crippen LogP contribution in [0.1, 0.15) is 25.7 Å². The Kier molecular flexibility index (Phi) is 4.92. The molecule has 12 heteroatoms. The van der Waals surface area contributed by atoms with Gasteiger partial charge < -0.3 is 10.2 Å². The van der Waals surface area contributed by atoms with Gasteiger partial charge in [-0.15, -0.1) is 4.28 Å². The molecule has 2 bridgehead atoms. The minimum absolute atomic E-state index is 0.149. The Balaban J connectivity index is 1.54. The summed E-state index contributed by atoms with van der Waals surface area (Å²) in [5.41, 5.74) is 2.35. The molecule has 3 aliphatic rings. The van der Waals surface area contributed by atoms with Crippen molar-refractivity contribution < 1.29 is 31.7 Å². The number of piperidine rings is 1. The molecule has 0 spiro atoms. The van der Waals surface area contributed by atoms with Crippen LogP contribution in [0.5, 0.6) is 0 Å². The van der Waals surface area contributed by atoms with Crippen LogP contribution < -0.4 is 10.8 Å². The maximum Gasteiger partial charge on any atom is 0.418 e. The number of urea groups is 1. The number of hydrogen-bond acceptors (Lipinski definition) is 7. The zero-order valence-corrected chi connectivity index (χ0v) is 13.7. The number of fused-ring (bicyclic) bond motifs is 2. The lowest BCUT2D eigenvalue weighted by atomic mass is 10.0. The molecule has 3 amide bonds. The Morgan fingerprint density at radius 3 is 2.83 bits per heavy atom. The lowest BCUT2D eigenvalue weighted by Gasteiger charge is -2.29. The summed E-state index contributed by atoms with van der Waals surface area (Å²) in [6, 6.07) is -1.85. The molecule has 24 heavy (non-hydrogen) atoms. The van der Waals surface area contributed by atoms with E-state index < -0.39 is 34.4 Å². The second-order valence-electron chi connectivity index (χ2n) is 6.08. The van der Waals surface area contributed by atoms with Crippen LogP contribution in [0.15, 0.2) is 0 Å². The molecule has 0 aromatic rings. The molecule has 136 valence electrons. The Morgan fingerprint density at radius 1 is 1.38 bits per heavy atom. The predicted molar refractivity (Wildman–Crippen MR) is 78.5 cm³/mol. The first-order valence-corrected chi connectivity index (χ1v) is 9.13. The summed E-state index contributed by atoms with van der Waals surface area (Å²) in [7, 11) is -4.79. The van der Waals surface area contributed by atoms with Crippen molar-refractivity contribution >= 4 is 22.3 Å². The van der Waals surface area contributed by atoms with E-state index in [1.807, 2.05) is 0 Å². The third-order valence-corrected chi connectivity index (χ3v) is 4.77. The van der Waals surface area contributed by atoms with Crippen molar-refractivity contribution in [1.29, 1.82) is 0 Å². The lowest BCUT2D eigenvalue weighted by molar-refractivity contribution is -0.139. The number of rotatable bonds is 6. The highest BCUT2D eigenvalue weighted by Gasteiger charge is 2.49. The highest BCUT2D eigenvalue weighted by Crippen LogP contribution is 2.30. The third-order valence-electron chi connectivity index (χ3n) is 4.42. The molecule has 0 aromatic carbocycles. The summed E-state index contributed by atoms with van der Waals surface area (Å²) in [5.74, 6) is -0.464. The number of carbonyl (C=O) groups excluding carboxylic acids is 2. The van der Waals surface area contributed by atoms with Gasteiger partial charge in [-0.1, -0.05) is 0 Å². The Labute approximate surface area is 139 Å². The van der Waals surface area contributed by atoms with E-state index in [9.17, 15) is 18.0 Å². The Morgan fingerprint density at radius 2 is 2.17 bits per heavy atom. The average molecular weight is 364 g/mol. The van der Waals surface area contributed by atoms with Gasteiger partial charge in [-0.25, -0.2) is 10.3 Å². The van der Waals surface area contributed by atoms with Crippen LogP contribution in [0.4, 0.5) is 4.79 Å².